The van der Waals surface area contributed by atoms with Crippen LogP contribution in [0.1, 0.15) is 19.8 Å². The van der Waals surface area contributed by atoms with E-state index in [1.807, 2.05) is 6.92 Å². The first kappa shape index (κ1) is 18.3. The SMILES string of the molecule is C[C@H](NC(=O)C[NH+]1CCN(S(=O)(=O)c2cccc(F)c2)CC1)C1CC1. The van der Waals surface area contributed by atoms with E-state index in [9.17, 15) is 17.6 Å². The third-order valence-electron chi connectivity index (χ3n) is 4.99. The molecule has 0 radical (unpaired) electrons. The number of quaternary nitrogens is 1. The Morgan fingerprint density at radius 1 is 1.36 bits per heavy atom. The number of halogens is 1. The highest BCUT2D eigenvalue weighted by Gasteiger charge is 2.33. The van der Waals surface area contributed by atoms with Crippen molar-refractivity contribution in [3.05, 3.63) is 30.1 Å². The van der Waals surface area contributed by atoms with E-state index in [2.05, 4.69) is 5.32 Å². The van der Waals surface area contributed by atoms with E-state index in [4.69, 9.17) is 0 Å². The second-order valence-corrected chi connectivity index (χ2v) is 8.92. The summed E-state index contributed by atoms with van der Waals surface area (Å²) in [7, 11) is -3.68. The summed E-state index contributed by atoms with van der Waals surface area (Å²) in [5, 5.41) is 3.03. The van der Waals surface area contributed by atoms with Crippen molar-refractivity contribution in [2.75, 3.05) is 32.7 Å². The molecule has 2 aliphatic rings. The molecule has 0 aromatic heterocycles. The van der Waals surface area contributed by atoms with Crippen LogP contribution in [-0.4, -0.2) is 57.4 Å². The number of nitrogens with one attached hydrogen (secondary N) is 2. The highest BCUT2D eigenvalue weighted by Crippen LogP contribution is 2.32. The predicted octanol–water partition coefficient (Wildman–Crippen LogP) is -0.370. The summed E-state index contributed by atoms with van der Waals surface area (Å²) in [6.45, 7) is 4.21. The first-order chi connectivity index (χ1) is 11.9. The number of hydrogen-bond donors (Lipinski definition) is 2. The van der Waals surface area contributed by atoms with Gasteiger partial charge >= 0.3 is 0 Å². The molecule has 138 valence electrons. The van der Waals surface area contributed by atoms with Gasteiger partial charge < -0.3 is 10.2 Å². The number of rotatable bonds is 6. The van der Waals surface area contributed by atoms with Crippen molar-refractivity contribution in [1.82, 2.24) is 9.62 Å². The topological polar surface area (TPSA) is 70.9 Å². The molecule has 1 saturated carbocycles. The van der Waals surface area contributed by atoms with Crippen LogP contribution in [0, 0.1) is 11.7 Å². The van der Waals surface area contributed by atoms with Gasteiger partial charge in [-0.25, -0.2) is 12.8 Å². The molecule has 2 N–H and O–H groups in total. The first-order valence-corrected chi connectivity index (χ1v) is 10.2. The summed E-state index contributed by atoms with van der Waals surface area (Å²) in [5.41, 5.74) is 0. The number of piperazine rings is 1. The lowest BCUT2D eigenvalue weighted by molar-refractivity contribution is -0.895. The number of amides is 1. The van der Waals surface area contributed by atoms with Crippen molar-refractivity contribution < 1.29 is 22.5 Å². The number of hydrogen-bond acceptors (Lipinski definition) is 3. The van der Waals surface area contributed by atoms with Crippen LogP contribution in [0.15, 0.2) is 29.2 Å². The molecule has 1 aliphatic heterocycles. The zero-order valence-corrected chi connectivity index (χ0v) is 15.2. The average molecular weight is 370 g/mol. The van der Waals surface area contributed by atoms with Crippen LogP contribution in [0.5, 0.6) is 0 Å². The Kier molecular flexibility index (Phi) is 5.41. The number of sulfonamides is 1. The molecule has 0 bridgehead atoms. The minimum Gasteiger partial charge on any atom is -0.348 e. The minimum absolute atomic E-state index is 0.0213. The van der Waals surface area contributed by atoms with Crippen LogP contribution < -0.4 is 10.2 Å². The molecule has 1 aromatic rings. The lowest BCUT2D eigenvalue weighted by atomic mass is 10.2. The summed E-state index contributed by atoms with van der Waals surface area (Å²) in [6.07, 6.45) is 2.37. The van der Waals surface area contributed by atoms with Crippen LogP contribution in [-0.2, 0) is 14.8 Å². The van der Waals surface area contributed by atoms with Crippen LogP contribution in [0.2, 0.25) is 0 Å². The Hall–Kier alpha value is -1.51. The van der Waals surface area contributed by atoms with Crippen molar-refractivity contribution in [2.45, 2.75) is 30.7 Å². The molecule has 0 unspecified atom stereocenters. The van der Waals surface area contributed by atoms with Crippen molar-refractivity contribution in [1.29, 1.82) is 0 Å². The number of carbonyl (C=O) groups excluding carboxylic acids is 1. The van der Waals surface area contributed by atoms with E-state index in [-0.39, 0.29) is 16.8 Å². The molecular formula is C17H25FN3O3S+. The van der Waals surface area contributed by atoms with Gasteiger partial charge in [0.1, 0.15) is 5.82 Å². The van der Waals surface area contributed by atoms with Crippen molar-refractivity contribution >= 4 is 15.9 Å². The number of benzene rings is 1. The van der Waals surface area contributed by atoms with Crippen molar-refractivity contribution in [2.24, 2.45) is 5.92 Å². The molecular weight excluding hydrogens is 345 g/mol. The lowest BCUT2D eigenvalue weighted by Gasteiger charge is -2.31. The monoisotopic (exact) mass is 370 g/mol. The molecule has 1 aliphatic carbocycles. The Labute approximate surface area is 148 Å². The van der Waals surface area contributed by atoms with Gasteiger partial charge in [-0.2, -0.15) is 4.31 Å². The molecule has 1 atom stereocenters. The van der Waals surface area contributed by atoms with Gasteiger partial charge in [0.05, 0.1) is 31.1 Å². The van der Waals surface area contributed by atoms with Gasteiger partial charge in [-0.05, 0) is 43.9 Å². The van der Waals surface area contributed by atoms with Crippen molar-refractivity contribution in [3.63, 3.8) is 0 Å². The first-order valence-electron chi connectivity index (χ1n) is 8.75. The summed E-state index contributed by atoms with van der Waals surface area (Å²) in [6, 6.07) is 5.30. The normalized spacial score (nSPS) is 21.0. The van der Waals surface area contributed by atoms with Gasteiger partial charge in [0.2, 0.25) is 10.0 Å². The highest BCUT2D eigenvalue weighted by atomic mass is 32.2. The Bertz CT molecular complexity index is 728. The van der Waals surface area contributed by atoms with Crippen LogP contribution >= 0.6 is 0 Å². The molecule has 3 rings (SSSR count). The van der Waals surface area contributed by atoms with Gasteiger partial charge in [0.25, 0.3) is 5.91 Å². The quantitative estimate of drug-likeness (QED) is 0.718. The highest BCUT2D eigenvalue weighted by molar-refractivity contribution is 7.89. The maximum Gasteiger partial charge on any atom is 0.275 e. The van der Waals surface area contributed by atoms with Gasteiger partial charge in [-0.15, -0.1) is 0 Å². The van der Waals surface area contributed by atoms with Gasteiger partial charge in [0, 0.05) is 6.04 Å². The lowest BCUT2D eigenvalue weighted by Crippen LogP contribution is -3.15. The smallest absolute Gasteiger partial charge is 0.275 e. The molecule has 2 fully saturated rings. The molecule has 1 amide bonds. The molecule has 1 heterocycles. The Morgan fingerprint density at radius 2 is 2.04 bits per heavy atom. The summed E-state index contributed by atoms with van der Waals surface area (Å²) < 4.78 is 39.8. The van der Waals surface area contributed by atoms with E-state index in [1.165, 1.54) is 35.3 Å². The Morgan fingerprint density at radius 3 is 2.64 bits per heavy atom. The third-order valence-corrected chi connectivity index (χ3v) is 6.89. The molecule has 1 saturated heterocycles. The fourth-order valence-corrected chi connectivity index (χ4v) is 4.72. The Balaban J connectivity index is 1.52. The van der Waals surface area contributed by atoms with E-state index in [1.54, 1.807) is 0 Å². The predicted molar refractivity (Wildman–Crippen MR) is 91.1 cm³/mol. The summed E-state index contributed by atoms with van der Waals surface area (Å²) in [4.78, 5) is 13.1. The summed E-state index contributed by atoms with van der Waals surface area (Å²) in [5.74, 6) is 0.0786. The second kappa shape index (κ2) is 7.39. The molecule has 0 spiro atoms. The van der Waals surface area contributed by atoms with E-state index in [0.717, 1.165) is 11.0 Å². The maximum absolute atomic E-state index is 13.3. The van der Waals surface area contributed by atoms with E-state index >= 15 is 0 Å². The van der Waals surface area contributed by atoms with Crippen LogP contribution in [0.4, 0.5) is 4.39 Å². The summed E-state index contributed by atoms with van der Waals surface area (Å²) >= 11 is 0. The van der Waals surface area contributed by atoms with Crippen LogP contribution in [0.3, 0.4) is 0 Å². The van der Waals surface area contributed by atoms with Gasteiger partial charge in [-0.1, -0.05) is 6.07 Å². The van der Waals surface area contributed by atoms with Gasteiger partial charge in [-0.3, -0.25) is 4.79 Å². The third kappa shape index (κ3) is 4.56. The molecule has 6 nitrogen and oxygen atoms in total. The molecule has 8 heteroatoms. The van der Waals surface area contributed by atoms with Crippen molar-refractivity contribution in [3.8, 4) is 0 Å². The largest absolute Gasteiger partial charge is 0.348 e. The second-order valence-electron chi connectivity index (χ2n) is 6.98. The van der Waals surface area contributed by atoms with Crippen LogP contribution in [0.25, 0.3) is 0 Å². The number of nitrogens with zero attached hydrogens (tertiary/aromatic N) is 1. The zero-order valence-electron chi connectivity index (χ0n) is 14.4. The maximum atomic E-state index is 13.3. The fraction of sp³-hybridized carbons (Fsp3) is 0.588. The minimum atomic E-state index is -3.68. The van der Waals surface area contributed by atoms with Gasteiger partial charge in [0.15, 0.2) is 6.54 Å². The molecule has 25 heavy (non-hydrogen) atoms. The van der Waals surface area contributed by atoms with E-state index < -0.39 is 15.8 Å². The molecule has 1 aromatic carbocycles. The van der Waals surface area contributed by atoms with E-state index in [0.29, 0.717) is 38.6 Å². The standard InChI is InChI=1S/C17H24FN3O3S/c1-13(14-5-6-14)19-17(22)12-20-7-9-21(10-8-20)25(23,24)16-4-2-3-15(18)11-16/h2-4,11,13-14H,5-10,12H2,1H3,(H,19,22)/p+1/t13-/m0/s1. The zero-order chi connectivity index (χ0) is 18.0. The average Bonchev–Trinajstić information content (AvgIpc) is 3.40. The fourth-order valence-electron chi connectivity index (χ4n) is 3.24. The number of carbonyl (C=O) groups is 1.